The van der Waals surface area contributed by atoms with Gasteiger partial charge in [0, 0.05) is 54.8 Å². The minimum absolute atomic E-state index is 0.555. The Kier molecular flexibility index (Phi) is 6.61. The molecule has 1 unspecified atom stereocenters. The zero-order valence-electron chi connectivity index (χ0n) is 21.9. The number of anilines is 1. The van der Waals surface area contributed by atoms with Crippen molar-refractivity contribution in [2.45, 2.75) is 19.8 Å². The third-order valence-corrected chi connectivity index (χ3v) is 7.96. The highest BCUT2D eigenvalue weighted by Gasteiger charge is 2.23. The van der Waals surface area contributed by atoms with Gasteiger partial charge in [0.1, 0.15) is 5.65 Å². The molecule has 0 radical (unpaired) electrons. The van der Waals surface area contributed by atoms with Gasteiger partial charge >= 0.3 is 0 Å². The maximum Gasteiger partial charge on any atom is 0.138 e. The molecule has 38 heavy (non-hydrogen) atoms. The van der Waals surface area contributed by atoms with Crippen molar-refractivity contribution in [3.63, 3.8) is 0 Å². The topological polar surface area (TPSA) is 68.2 Å². The van der Waals surface area contributed by atoms with Crippen LogP contribution in [0.2, 0.25) is 0 Å². The molecule has 2 aromatic carbocycles. The van der Waals surface area contributed by atoms with Gasteiger partial charge in [0.05, 0.1) is 24.8 Å². The number of benzene rings is 2. The molecule has 6 heteroatoms. The van der Waals surface area contributed by atoms with Crippen LogP contribution in [-0.4, -0.2) is 54.3 Å². The number of H-pyrrole nitrogens is 1. The Morgan fingerprint density at radius 3 is 2.61 bits per heavy atom. The molecule has 1 N–H and O–H groups in total. The second kappa shape index (κ2) is 10.4. The predicted molar refractivity (Wildman–Crippen MR) is 153 cm³/mol. The Morgan fingerprint density at radius 2 is 1.87 bits per heavy atom. The summed E-state index contributed by atoms with van der Waals surface area (Å²) in [7, 11) is 0. The van der Waals surface area contributed by atoms with Crippen LogP contribution in [-0.2, 0) is 11.2 Å². The van der Waals surface area contributed by atoms with Crippen LogP contribution in [0, 0.1) is 17.2 Å². The highest BCUT2D eigenvalue weighted by molar-refractivity contribution is 5.96. The first-order valence-corrected chi connectivity index (χ1v) is 13.4. The molecular weight excluding hydrogens is 470 g/mol. The van der Waals surface area contributed by atoms with Gasteiger partial charge in [-0.2, -0.15) is 5.26 Å². The molecule has 2 fully saturated rings. The summed E-state index contributed by atoms with van der Waals surface area (Å²) < 4.78 is 5.48. The molecule has 0 amide bonds. The van der Waals surface area contributed by atoms with Crippen LogP contribution >= 0.6 is 0 Å². The quantitative estimate of drug-likeness (QED) is 0.349. The smallest absolute Gasteiger partial charge is 0.138 e. The molecule has 2 aliphatic rings. The standard InChI is InChI=1S/C32H33N5O/c1-22(2)37-12-10-23(21-37)17-25-3-4-26(18-27(25)20-33)29-9-11-34-32-30(29)19-31(35-32)24-5-7-28(8-6-24)36-13-15-38-16-14-36/h3-9,11,18-19,23H,1,10,12-17,21H2,2H3,(H,34,35). The fraction of sp³-hybridized carbons (Fsp3) is 0.312. The van der Waals surface area contributed by atoms with Crippen LogP contribution in [0.4, 0.5) is 5.69 Å². The van der Waals surface area contributed by atoms with E-state index in [2.05, 4.69) is 81.8 Å². The van der Waals surface area contributed by atoms with E-state index in [1.807, 2.05) is 18.3 Å². The lowest BCUT2D eigenvalue weighted by atomic mass is 9.92. The van der Waals surface area contributed by atoms with E-state index in [4.69, 9.17) is 4.74 Å². The summed E-state index contributed by atoms with van der Waals surface area (Å²) in [5.41, 5.74) is 9.38. The van der Waals surface area contributed by atoms with Gasteiger partial charge in [0.2, 0.25) is 0 Å². The number of rotatable bonds is 6. The summed E-state index contributed by atoms with van der Waals surface area (Å²) >= 11 is 0. The van der Waals surface area contributed by atoms with E-state index in [0.29, 0.717) is 5.92 Å². The number of nitrogens with zero attached hydrogens (tertiary/aromatic N) is 4. The first kappa shape index (κ1) is 24.3. The van der Waals surface area contributed by atoms with Crippen molar-refractivity contribution in [2.75, 3.05) is 44.3 Å². The predicted octanol–water partition coefficient (Wildman–Crippen LogP) is 6.00. The van der Waals surface area contributed by atoms with Crippen molar-refractivity contribution in [1.82, 2.24) is 14.9 Å². The number of nitriles is 1. The zero-order valence-corrected chi connectivity index (χ0v) is 21.9. The minimum Gasteiger partial charge on any atom is -0.378 e. The molecule has 192 valence electrons. The highest BCUT2D eigenvalue weighted by Crippen LogP contribution is 2.34. The lowest BCUT2D eigenvalue weighted by molar-refractivity contribution is 0.122. The molecule has 0 spiro atoms. The number of hydrogen-bond donors (Lipinski definition) is 1. The Morgan fingerprint density at radius 1 is 1.08 bits per heavy atom. The van der Waals surface area contributed by atoms with Crippen molar-refractivity contribution in [3.8, 4) is 28.5 Å². The third kappa shape index (κ3) is 4.78. The van der Waals surface area contributed by atoms with Crippen LogP contribution in [0.5, 0.6) is 0 Å². The molecule has 0 bridgehead atoms. The number of hydrogen-bond acceptors (Lipinski definition) is 5. The van der Waals surface area contributed by atoms with E-state index in [1.54, 1.807) is 0 Å². The van der Waals surface area contributed by atoms with Gasteiger partial charge in [-0.3, -0.25) is 0 Å². The second-order valence-corrected chi connectivity index (χ2v) is 10.5. The number of fused-ring (bicyclic) bond motifs is 1. The largest absolute Gasteiger partial charge is 0.378 e. The molecule has 4 aromatic rings. The number of aromatic amines is 1. The van der Waals surface area contributed by atoms with E-state index >= 15 is 0 Å². The number of nitrogens with one attached hydrogen (secondary N) is 1. The summed E-state index contributed by atoms with van der Waals surface area (Å²) in [6.07, 6.45) is 3.90. The molecule has 2 aromatic heterocycles. The maximum atomic E-state index is 9.98. The third-order valence-electron chi connectivity index (χ3n) is 7.96. The van der Waals surface area contributed by atoms with Gasteiger partial charge in [-0.1, -0.05) is 30.8 Å². The molecule has 2 aliphatic heterocycles. The zero-order chi connectivity index (χ0) is 26.1. The summed E-state index contributed by atoms with van der Waals surface area (Å²) in [4.78, 5) is 12.8. The lowest BCUT2D eigenvalue weighted by Crippen LogP contribution is -2.36. The number of aromatic nitrogens is 2. The van der Waals surface area contributed by atoms with E-state index < -0.39 is 0 Å². The number of morpholine rings is 1. The number of pyridine rings is 1. The van der Waals surface area contributed by atoms with Crippen molar-refractivity contribution in [3.05, 3.63) is 84.2 Å². The van der Waals surface area contributed by atoms with Crippen LogP contribution in [0.3, 0.4) is 0 Å². The molecule has 6 nitrogen and oxygen atoms in total. The van der Waals surface area contributed by atoms with E-state index in [-0.39, 0.29) is 0 Å². The van der Waals surface area contributed by atoms with Crippen LogP contribution in [0.1, 0.15) is 24.5 Å². The first-order valence-electron chi connectivity index (χ1n) is 13.4. The maximum absolute atomic E-state index is 9.98. The van der Waals surface area contributed by atoms with Crippen LogP contribution in [0.25, 0.3) is 33.4 Å². The Hall–Kier alpha value is -4.08. The number of ether oxygens (including phenoxy) is 1. The fourth-order valence-corrected chi connectivity index (χ4v) is 5.79. The average molecular weight is 504 g/mol. The molecule has 2 saturated heterocycles. The van der Waals surface area contributed by atoms with Crippen molar-refractivity contribution in [1.29, 1.82) is 5.26 Å². The molecule has 0 aliphatic carbocycles. The fourth-order valence-electron chi connectivity index (χ4n) is 5.79. The SMILES string of the molecule is C=C(C)N1CCC(Cc2ccc(-c3ccnc4[nH]c(-c5ccc(N6CCOCC6)cc5)cc34)cc2C#N)C1. The van der Waals surface area contributed by atoms with Gasteiger partial charge in [-0.25, -0.2) is 4.98 Å². The summed E-state index contributed by atoms with van der Waals surface area (Å²) in [5.74, 6) is 0.555. The van der Waals surface area contributed by atoms with Gasteiger partial charge in [-0.05, 0) is 78.3 Å². The van der Waals surface area contributed by atoms with Gasteiger partial charge < -0.3 is 19.5 Å². The summed E-state index contributed by atoms with van der Waals surface area (Å²) in [6, 6.07) is 21.7. The number of likely N-dealkylation sites (tertiary alicyclic amines) is 1. The first-order chi connectivity index (χ1) is 18.6. The van der Waals surface area contributed by atoms with Crippen molar-refractivity contribution in [2.24, 2.45) is 5.92 Å². The van der Waals surface area contributed by atoms with Gasteiger partial charge in [-0.15, -0.1) is 0 Å². The Labute approximate surface area is 224 Å². The van der Waals surface area contributed by atoms with Crippen molar-refractivity contribution >= 4 is 16.7 Å². The van der Waals surface area contributed by atoms with Gasteiger partial charge in [0.25, 0.3) is 0 Å². The summed E-state index contributed by atoms with van der Waals surface area (Å²) in [6.45, 7) is 11.6. The molecule has 4 heterocycles. The molecule has 1 atom stereocenters. The molecule has 0 saturated carbocycles. The van der Waals surface area contributed by atoms with Crippen LogP contribution in [0.15, 0.2) is 73.1 Å². The Balaban J connectivity index is 1.26. The van der Waals surface area contributed by atoms with E-state index in [1.165, 1.54) is 5.69 Å². The van der Waals surface area contributed by atoms with E-state index in [9.17, 15) is 5.26 Å². The highest BCUT2D eigenvalue weighted by atomic mass is 16.5. The lowest BCUT2D eigenvalue weighted by Gasteiger charge is -2.28. The monoisotopic (exact) mass is 503 g/mol. The summed E-state index contributed by atoms with van der Waals surface area (Å²) in [5, 5.41) is 11.0. The average Bonchev–Trinajstić information content (AvgIpc) is 3.61. The Bertz CT molecular complexity index is 1510. The normalized spacial score (nSPS) is 17.6. The second-order valence-electron chi connectivity index (χ2n) is 10.5. The van der Waals surface area contributed by atoms with Gasteiger partial charge in [0.15, 0.2) is 0 Å². The van der Waals surface area contributed by atoms with Crippen LogP contribution < -0.4 is 4.90 Å². The van der Waals surface area contributed by atoms with Crippen molar-refractivity contribution < 1.29 is 4.74 Å². The molecular formula is C32H33N5O. The number of allylic oxidation sites excluding steroid dienone is 1. The minimum atomic E-state index is 0.555. The van der Waals surface area contributed by atoms with E-state index in [0.717, 1.165) is 102 Å². The molecule has 6 rings (SSSR count).